The van der Waals surface area contributed by atoms with E-state index in [4.69, 9.17) is 5.11 Å². The Labute approximate surface area is 96.7 Å². The van der Waals surface area contributed by atoms with Gasteiger partial charge in [0.15, 0.2) is 5.69 Å². The van der Waals surface area contributed by atoms with Crippen molar-refractivity contribution >= 4 is 23.3 Å². The highest BCUT2D eigenvalue weighted by Gasteiger charge is 2.08. The molecule has 0 aliphatic rings. The van der Waals surface area contributed by atoms with E-state index in [0.29, 0.717) is 11.6 Å². The highest BCUT2D eigenvalue weighted by molar-refractivity contribution is 7.09. The first kappa shape index (κ1) is 12.4. The fraction of sp³-hybridized carbons (Fsp3) is 0.444. The number of carboxylic acid groups (broad SMARTS) is 1. The summed E-state index contributed by atoms with van der Waals surface area (Å²) in [5.41, 5.74) is 0.00997. The monoisotopic (exact) mass is 243 g/mol. The largest absolute Gasteiger partial charge is 0.476 e. The predicted molar refractivity (Wildman–Crippen MR) is 59.6 cm³/mol. The molecule has 1 aromatic rings. The van der Waals surface area contributed by atoms with Crippen LogP contribution in [0.25, 0.3) is 0 Å². The average Bonchev–Trinajstić information content (AvgIpc) is 2.72. The molecule has 0 radical (unpaired) electrons. The van der Waals surface area contributed by atoms with Crippen molar-refractivity contribution < 1.29 is 14.7 Å². The Kier molecular flexibility index (Phi) is 4.71. The maximum absolute atomic E-state index is 11.2. The Morgan fingerprint density at radius 1 is 1.50 bits per heavy atom. The molecule has 0 aliphatic carbocycles. The van der Waals surface area contributed by atoms with E-state index in [1.54, 1.807) is 0 Å². The van der Waals surface area contributed by atoms with Gasteiger partial charge < -0.3 is 15.7 Å². The molecule has 0 aromatic carbocycles. The van der Waals surface area contributed by atoms with Gasteiger partial charge in [0, 0.05) is 11.9 Å². The van der Waals surface area contributed by atoms with Crippen molar-refractivity contribution in [3.63, 3.8) is 0 Å². The molecule has 16 heavy (non-hydrogen) atoms. The lowest BCUT2D eigenvalue weighted by molar-refractivity contribution is 0.0691. The third kappa shape index (κ3) is 3.85. The Hall–Kier alpha value is -1.63. The number of rotatable bonds is 5. The molecule has 6 nitrogen and oxygen atoms in total. The summed E-state index contributed by atoms with van der Waals surface area (Å²) in [5.74, 6) is -1.06. The molecule has 1 heterocycles. The normalized spacial score (nSPS) is 9.81. The Morgan fingerprint density at radius 3 is 2.81 bits per heavy atom. The Morgan fingerprint density at radius 2 is 2.25 bits per heavy atom. The zero-order valence-corrected chi connectivity index (χ0v) is 9.63. The molecule has 2 amide bonds. The molecule has 1 rings (SSSR count). The lowest BCUT2D eigenvalue weighted by Gasteiger charge is -2.03. The topological polar surface area (TPSA) is 91.3 Å². The van der Waals surface area contributed by atoms with Crippen molar-refractivity contribution in [1.82, 2.24) is 15.6 Å². The number of hydrogen-bond donors (Lipinski definition) is 3. The van der Waals surface area contributed by atoms with Crippen LogP contribution in [0, 0.1) is 0 Å². The number of aromatic nitrogens is 1. The van der Waals surface area contributed by atoms with Crippen LogP contribution in [0.15, 0.2) is 5.38 Å². The average molecular weight is 243 g/mol. The van der Waals surface area contributed by atoms with E-state index in [0.717, 1.165) is 6.42 Å². The fourth-order valence-electron chi connectivity index (χ4n) is 0.947. The molecule has 0 aliphatic heterocycles. The molecule has 0 unspecified atom stereocenters. The van der Waals surface area contributed by atoms with Gasteiger partial charge >= 0.3 is 12.0 Å². The van der Waals surface area contributed by atoms with Crippen LogP contribution < -0.4 is 10.6 Å². The van der Waals surface area contributed by atoms with Gasteiger partial charge in [0.2, 0.25) is 0 Å². The molecule has 88 valence electrons. The summed E-state index contributed by atoms with van der Waals surface area (Å²) in [5, 5.41) is 15.9. The standard InChI is InChI=1S/C9H13N3O3S/c1-2-3-10-9(15)11-4-7-12-6(5-16-7)8(13)14/h5H,2-4H2,1H3,(H,13,14)(H2,10,11,15). The molecule has 0 atom stereocenters. The molecule has 0 fully saturated rings. The summed E-state index contributed by atoms with van der Waals surface area (Å²) >= 11 is 1.21. The van der Waals surface area contributed by atoms with Gasteiger partial charge in [-0.1, -0.05) is 6.92 Å². The van der Waals surface area contributed by atoms with Gasteiger partial charge in [-0.25, -0.2) is 14.6 Å². The van der Waals surface area contributed by atoms with Crippen LogP contribution in [0.2, 0.25) is 0 Å². The molecule has 0 spiro atoms. The number of carbonyl (C=O) groups is 2. The molecule has 7 heteroatoms. The Balaban J connectivity index is 2.36. The molecule has 0 bridgehead atoms. The predicted octanol–water partition coefficient (Wildman–Crippen LogP) is 1.05. The van der Waals surface area contributed by atoms with Gasteiger partial charge in [-0.15, -0.1) is 11.3 Å². The lowest BCUT2D eigenvalue weighted by atomic mass is 10.5. The van der Waals surface area contributed by atoms with E-state index >= 15 is 0 Å². The first-order valence-corrected chi connectivity index (χ1v) is 5.70. The number of amides is 2. The van der Waals surface area contributed by atoms with Crippen molar-refractivity contribution in [3.8, 4) is 0 Å². The lowest BCUT2D eigenvalue weighted by Crippen LogP contribution is -2.35. The minimum absolute atomic E-state index is 0.00997. The Bertz CT molecular complexity index is 378. The van der Waals surface area contributed by atoms with Crippen LogP contribution in [-0.2, 0) is 6.54 Å². The summed E-state index contributed by atoms with van der Waals surface area (Å²) < 4.78 is 0. The SMILES string of the molecule is CCCNC(=O)NCc1nc(C(=O)O)cs1. The van der Waals surface area contributed by atoms with E-state index in [1.807, 2.05) is 6.92 Å². The smallest absolute Gasteiger partial charge is 0.355 e. The zero-order chi connectivity index (χ0) is 12.0. The number of urea groups is 1. The second-order valence-corrected chi connectivity index (χ2v) is 3.98. The third-order valence-corrected chi connectivity index (χ3v) is 2.56. The minimum Gasteiger partial charge on any atom is -0.476 e. The minimum atomic E-state index is -1.06. The number of aromatic carboxylic acids is 1. The second kappa shape index (κ2) is 6.06. The van der Waals surface area contributed by atoms with Crippen molar-refractivity contribution in [3.05, 3.63) is 16.1 Å². The fourth-order valence-corrected chi connectivity index (χ4v) is 1.65. The maximum Gasteiger partial charge on any atom is 0.355 e. The number of carboxylic acids is 1. The van der Waals surface area contributed by atoms with Gasteiger partial charge in [-0.2, -0.15) is 0 Å². The van der Waals surface area contributed by atoms with Crippen LogP contribution >= 0.6 is 11.3 Å². The van der Waals surface area contributed by atoms with E-state index in [9.17, 15) is 9.59 Å². The number of hydrogen-bond acceptors (Lipinski definition) is 4. The summed E-state index contributed by atoms with van der Waals surface area (Å²) in [7, 11) is 0. The summed E-state index contributed by atoms with van der Waals surface area (Å²) in [4.78, 5) is 25.5. The van der Waals surface area contributed by atoms with Crippen LogP contribution in [-0.4, -0.2) is 28.6 Å². The van der Waals surface area contributed by atoms with Crippen molar-refractivity contribution in [2.45, 2.75) is 19.9 Å². The first-order chi connectivity index (χ1) is 7.63. The molecule has 0 saturated heterocycles. The van der Waals surface area contributed by atoms with Gasteiger partial charge in [0.1, 0.15) is 5.01 Å². The van der Waals surface area contributed by atoms with Gasteiger partial charge in [-0.3, -0.25) is 0 Å². The number of carbonyl (C=O) groups excluding carboxylic acids is 1. The van der Waals surface area contributed by atoms with Crippen LogP contribution in [0.5, 0.6) is 0 Å². The van der Waals surface area contributed by atoms with Crippen LogP contribution in [0.4, 0.5) is 4.79 Å². The van der Waals surface area contributed by atoms with Crippen LogP contribution in [0.3, 0.4) is 0 Å². The van der Waals surface area contributed by atoms with Crippen molar-refractivity contribution in [2.75, 3.05) is 6.54 Å². The third-order valence-electron chi connectivity index (χ3n) is 1.71. The number of nitrogens with one attached hydrogen (secondary N) is 2. The van der Waals surface area contributed by atoms with Crippen molar-refractivity contribution in [1.29, 1.82) is 0 Å². The molecular formula is C9H13N3O3S. The molecule has 0 saturated carbocycles. The molecular weight excluding hydrogens is 230 g/mol. The summed E-state index contributed by atoms with van der Waals surface area (Å²) in [6.45, 7) is 2.82. The highest BCUT2D eigenvalue weighted by atomic mass is 32.1. The van der Waals surface area contributed by atoms with Gasteiger partial charge in [-0.05, 0) is 6.42 Å². The van der Waals surface area contributed by atoms with Gasteiger partial charge in [0.05, 0.1) is 6.54 Å². The quantitative estimate of drug-likeness (QED) is 0.720. The summed E-state index contributed by atoms with van der Waals surface area (Å²) in [6, 6.07) is -0.270. The van der Waals surface area contributed by atoms with E-state index in [1.165, 1.54) is 16.7 Å². The molecule has 1 aromatic heterocycles. The van der Waals surface area contributed by atoms with E-state index in [2.05, 4.69) is 15.6 Å². The number of thiazole rings is 1. The number of nitrogens with zero attached hydrogens (tertiary/aromatic N) is 1. The first-order valence-electron chi connectivity index (χ1n) is 4.83. The van der Waals surface area contributed by atoms with Crippen molar-refractivity contribution in [2.24, 2.45) is 0 Å². The zero-order valence-electron chi connectivity index (χ0n) is 8.82. The van der Waals surface area contributed by atoms with E-state index < -0.39 is 5.97 Å². The van der Waals surface area contributed by atoms with Gasteiger partial charge in [0.25, 0.3) is 0 Å². The van der Waals surface area contributed by atoms with Crippen LogP contribution in [0.1, 0.15) is 28.8 Å². The second-order valence-electron chi connectivity index (χ2n) is 3.04. The highest BCUT2D eigenvalue weighted by Crippen LogP contribution is 2.08. The summed E-state index contributed by atoms with van der Waals surface area (Å²) in [6.07, 6.45) is 0.869. The maximum atomic E-state index is 11.2. The molecule has 3 N–H and O–H groups in total. The van der Waals surface area contributed by atoms with E-state index in [-0.39, 0.29) is 18.3 Å².